The monoisotopic (exact) mass is 375 g/mol. The molecule has 7 nitrogen and oxygen atoms in total. The molecule has 4 rings (SSSR count). The fraction of sp³-hybridized carbons (Fsp3) is 0.444. The molecule has 1 aromatic carbocycles. The standard InChI is InChI=1S/C18H19F2N5O2/c1-11-21-16(23-27-11)10-24-8-4-7-14(24)17-22-13-6-3-2-5-12(13)18(26)25(17)9-15(19)20/h2-3,5-6,14-15H,4,7-10H2,1H3. The van der Waals surface area contributed by atoms with E-state index in [9.17, 15) is 13.6 Å². The Morgan fingerprint density at radius 1 is 1.30 bits per heavy atom. The maximum absolute atomic E-state index is 13.2. The zero-order valence-electron chi connectivity index (χ0n) is 14.8. The number of fused-ring (bicyclic) bond motifs is 1. The quantitative estimate of drug-likeness (QED) is 0.682. The molecule has 1 unspecified atom stereocenters. The number of para-hydroxylation sites is 1. The maximum Gasteiger partial charge on any atom is 0.261 e. The fourth-order valence-electron chi connectivity index (χ4n) is 3.65. The van der Waals surface area contributed by atoms with Gasteiger partial charge in [0.15, 0.2) is 5.82 Å². The number of alkyl halides is 2. The van der Waals surface area contributed by atoms with Crippen LogP contribution in [0, 0.1) is 6.92 Å². The summed E-state index contributed by atoms with van der Waals surface area (Å²) >= 11 is 0. The lowest BCUT2D eigenvalue weighted by molar-refractivity contribution is 0.120. The number of aryl methyl sites for hydroxylation is 1. The van der Waals surface area contributed by atoms with Crippen molar-refractivity contribution in [2.75, 3.05) is 6.54 Å². The predicted octanol–water partition coefficient (Wildman–Crippen LogP) is 2.69. The minimum atomic E-state index is -2.64. The fourth-order valence-corrected chi connectivity index (χ4v) is 3.65. The van der Waals surface area contributed by atoms with Gasteiger partial charge in [-0.05, 0) is 31.5 Å². The SMILES string of the molecule is Cc1nc(CN2CCCC2c2nc3ccccc3c(=O)n2CC(F)F)no1. The molecule has 0 saturated carbocycles. The molecule has 3 heterocycles. The molecule has 9 heteroatoms. The summed E-state index contributed by atoms with van der Waals surface area (Å²) in [6, 6.07) is 6.59. The minimum Gasteiger partial charge on any atom is -0.340 e. The average molecular weight is 375 g/mol. The first kappa shape index (κ1) is 17.7. The molecule has 2 aromatic heterocycles. The third-order valence-corrected chi connectivity index (χ3v) is 4.79. The smallest absolute Gasteiger partial charge is 0.261 e. The second-order valence-electron chi connectivity index (χ2n) is 6.65. The van der Waals surface area contributed by atoms with E-state index in [0.29, 0.717) is 35.0 Å². The van der Waals surface area contributed by atoms with Crippen LogP contribution in [0.3, 0.4) is 0 Å². The van der Waals surface area contributed by atoms with Crippen LogP contribution in [0.2, 0.25) is 0 Å². The number of hydrogen-bond donors (Lipinski definition) is 0. The van der Waals surface area contributed by atoms with Crippen molar-refractivity contribution in [1.82, 2.24) is 24.6 Å². The van der Waals surface area contributed by atoms with Crippen molar-refractivity contribution in [3.05, 3.63) is 52.2 Å². The van der Waals surface area contributed by atoms with Gasteiger partial charge in [-0.15, -0.1) is 0 Å². The molecule has 27 heavy (non-hydrogen) atoms. The highest BCUT2D eigenvalue weighted by Gasteiger charge is 2.32. The van der Waals surface area contributed by atoms with Crippen molar-refractivity contribution in [3.63, 3.8) is 0 Å². The Bertz CT molecular complexity index is 1020. The summed E-state index contributed by atoms with van der Waals surface area (Å²) in [4.78, 5) is 23.7. The summed E-state index contributed by atoms with van der Waals surface area (Å²) in [5, 5.41) is 4.26. The molecular weight excluding hydrogens is 356 g/mol. The Labute approximate surface area is 153 Å². The summed E-state index contributed by atoms with van der Waals surface area (Å²) in [5.41, 5.74) is 0.0865. The molecule has 0 amide bonds. The molecule has 1 saturated heterocycles. The summed E-state index contributed by atoms with van der Waals surface area (Å²) < 4.78 is 32.5. The Morgan fingerprint density at radius 3 is 2.85 bits per heavy atom. The largest absolute Gasteiger partial charge is 0.340 e. The van der Waals surface area contributed by atoms with Gasteiger partial charge in [-0.25, -0.2) is 13.8 Å². The third-order valence-electron chi connectivity index (χ3n) is 4.79. The summed E-state index contributed by atoms with van der Waals surface area (Å²) in [5.74, 6) is 1.37. The number of hydrogen-bond acceptors (Lipinski definition) is 6. The third kappa shape index (κ3) is 3.46. The van der Waals surface area contributed by atoms with E-state index >= 15 is 0 Å². The lowest BCUT2D eigenvalue weighted by atomic mass is 10.1. The molecule has 0 spiro atoms. The van der Waals surface area contributed by atoms with E-state index in [-0.39, 0.29) is 6.04 Å². The van der Waals surface area contributed by atoms with Gasteiger partial charge in [0.1, 0.15) is 5.82 Å². The van der Waals surface area contributed by atoms with Crippen LogP contribution in [-0.2, 0) is 13.1 Å². The van der Waals surface area contributed by atoms with Gasteiger partial charge in [0.05, 0.1) is 30.0 Å². The Morgan fingerprint density at radius 2 is 2.11 bits per heavy atom. The van der Waals surface area contributed by atoms with Crippen LogP contribution in [-0.4, -0.2) is 37.6 Å². The molecular formula is C18H19F2N5O2. The molecule has 0 N–H and O–H groups in total. The highest BCUT2D eigenvalue weighted by molar-refractivity contribution is 5.77. The number of aromatic nitrogens is 4. The van der Waals surface area contributed by atoms with Crippen molar-refractivity contribution in [1.29, 1.82) is 0 Å². The predicted molar refractivity (Wildman–Crippen MR) is 93.4 cm³/mol. The van der Waals surface area contributed by atoms with Gasteiger partial charge >= 0.3 is 0 Å². The Balaban J connectivity index is 1.77. The molecule has 1 fully saturated rings. The highest BCUT2D eigenvalue weighted by atomic mass is 19.3. The zero-order chi connectivity index (χ0) is 19.0. The van der Waals surface area contributed by atoms with Crippen molar-refractivity contribution in [2.24, 2.45) is 0 Å². The number of rotatable bonds is 5. The van der Waals surface area contributed by atoms with Gasteiger partial charge < -0.3 is 4.52 Å². The average Bonchev–Trinajstić information content (AvgIpc) is 3.26. The highest BCUT2D eigenvalue weighted by Crippen LogP contribution is 2.32. The molecule has 3 aromatic rings. The van der Waals surface area contributed by atoms with Gasteiger partial charge in [-0.3, -0.25) is 14.3 Å². The zero-order valence-corrected chi connectivity index (χ0v) is 14.8. The first-order valence-electron chi connectivity index (χ1n) is 8.84. The molecule has 1 atom stereocenters. The minimum absolute atomic E-state index is 0.250. The number of likely N-dealkylation sites (tertiary alicyclic amines) is 1. The van der Waals surface area contributed by atoms with Crippen molar-refractivity contribution in [2.45, 2.75) is 45.3 Å². The molecule has 0 radical (unpaired) electrons. The van der Waals surface area contributed by atoms with E-state index in [1.54, 1.807) is 31.2 Å². The molecule has 0 bridgehead atoms. The van der Waals surface area contributed by atoms with Crippen LogP contribution >= 0.6 is 0 Å². The van der Waals surface area contributed by atoms with Crippen LogP contribution in [0.15, 0.2) is 33.6 Å². The lowest BCUT2D eigenvalue weighted by Crippen LogP contribution is -2.33. The second kappa shape index (κ2) is 7.15. The molecule has 1 aliphatic rings. The van der Waals surface area contributed by atoms with Crippen LogP contribution in [0.5, 0.6) is 0 Å². The number of halogens is 2. The lowest BCUT2D eigenvalue weighted by Gasteiger charge is -2.25. The van der Waals surface area contributed by atoms with E-state index in [2.05, 4.69) is 20.0 Å². The number of benzene rings is 1. The van der Waals surface area contributed by atoms with Gasteiger partial charge in [-0.2, -0.15) is 4.98 Å². The van der Waals surface area contributed by atoms with Crippen LogP contribution in [0.4, 0.5) is 8.78 Å². The topological polar surface area (TPSA) is 77.1 Å². The first-order valence-corrected chi connectivity index (χ1v) is 8.84. The van der Waals surface area contributed by atoms with E-state index in [4.69, 9.17) is 4.52 Å². The Hall–Kier alpha value is -2.68. The summed E-state index contributed by atoms with van der Waals surface area (Å²) in [6.07, 6.45) is -1.04. The second-order valence-corrected chi connectivity index (χ2v) is 6.65. The van der Waals surface area contributed by atoms with Crippen LogP contribution in [0.25, 0.3) is 10.9 Å². The maximum atomic E-state index is 13.2. The van der Waals surface area contributed by atoms with Gasteiger partial charge in [-0.1, -0.05) is 17.3 Å². The van der Waals surface area contributed by atoms with Crippen LogP contribution < -0.4 is 5.56 Å². The summed E-state index contributed by atoms with van der Waals surface area (Å²) in [6.45, 7) is 2.20. The van der Waals surface area contributed by atoms with E-state index in [0.717, 1.165) is 24.0 Å². The molecule has 1 aliphatic heterocycles. The molecule has 142 valence electrons. The van der Waals surface area contributed by atoms with E-state index < -0.39 is 18.5 Å². The van der Waals surface area contributed by atoms with Crippen LogP contribution in [0.1, 0.15) is 36.4 Å². The first-order chi connectivity index (χ1) is 13.0. The van der Waals surface area contributed by atoms with Crippen molar-refractivity contribution < 1.29 is 13.3 Å². The van der Waals surface area contributed by atoms with Crippen molar-refractivity contribution >= 4 is 10.9 Å². The van der Waals surface area contributed by atoms with E-state index in [1.807, 2.05) is 0 Å². The van der Waals surface area contributed by atoms with Gasteiger partial charge in [0.25, 0.3) is 12.0 Å². The number of nitrogens with zero attached hydrogens (tertiary/aromatic N) is 5. The van der Waals surface area contributed by atoms with Gasteiger partial charge in [0, 0.05) is 6.92 Å². The summed E-state index contributed by atoms with van der Waals surface area (Å²) in [7, 11) is 0. The molecule has 0 aliphatic carbocycles. The van der Waals surface area contributed by atoms with Gasteiger partial charge in [0.2, 0.25) is 5.89 Å². The normalized spacial score (nSPS) is 18.0. The van der Waals surface area contributed by atoms with Crippen molar-refractivity contribution in [3.8, 4) is 0 Å². The Kier molecular flexibility index (Phi) is 4.69. The van der Waals surface area contributed by atoms with E-state index in [1.165, 1.54) is 0 Å².